The van der Waals surface area contributed by atoms with Gasteiger partial charge in [-0.2, -0.15) is 8.42 Å². The molecule has 1 heterocycles. The van der Waals surface area contributed by atoms with Crippen LogP contribution in [0.25, 0.3) is 0 Å². The van der Waals surface area contributed by atoms with Gasteiger partial charge in [0.25, 0.3) is 10.1 Å². The molecule has 0 amide bonds. The highest BCUT2D eigenvalue weighted by atomic mass is 32.2. The molecule has 19 heavy (non-hydrogen) atoms. The van der Waals surface area contributed by atoms with E-state index >= 15 is 0 Å². The molecule has 3 fully saturated rings. The Morgan fingerprint density at radius 1 is 1.53 bits per heavy atom. The summed E-state index contributed by atoms with van der Waals surface area (Å²) in [6.45, 7) is 5.58. The Hall–Kier alpha value is -0.620. The van der Waals surface area contributed by atoms with Crippen LogP contribution in [0.15, 0.2) is 0 Å². The monoisotopic (exact) mass is 288 g/mol. The normalized spacial score (nSPS) is 47.3. The highest BCUT2D eigenvalue weighted by molar-refractivity contribution is 7.87. The van der Waals surface area contributed by atoms with Gasteiger partial charge in [-0.05, 0) is 26.2 Å². The fourth-order valence-corrected chi connectivity index (χ4v) is 6.16. The van der Waals surface area contributed by atoms with Gasteiger partial charge in [0.05, 0.1) is 11.5 Å². The van der Waals surface area contributed by atoms with E-state index in [9.17, 15) is 13.2 Å². The van der Waals surface area contributed by atoms with E-state index in [0.29, 0.717) is 12.8 Å². The number of esters is 1. The second-order valence-corrected chi connectivity index (χ2v) is 8.07. The maximum absolute atomic E-state index is 12.1. The number of hydrogen-bond donors (Lipinski definition) is 0. The maximum atomic E-state index is 12.1. The molecular formula is C13H20O5S. The Balaban J connectivity index is 1.84. The minimum atomic E-state index is -3.59. The third-order valence-corrected chi connectivity index (χ3v) is 6.98. The second-order valence-electron chi connectivity index (χ2n) is 6.37. The zero-order chi connectivity index (χ0) is 14.0. The van der Waals surface area contributed by atoms with Crippen LogP contribution in [-0.4, -0.2) is 31.3 Å². The molecule has 6 heteroatoms. The van der Waals surface area contributed by atoms with Crippen molar-refractivity contribution >= 4 is 16.1 Å². The maximum Gasteiger partial charge on any atom is 0.308 e. The molecule has 5 nitrogen and oxygen atoms in total. The predicted molar refractivity (Wildman–Crippen MR) is 67.7 cm³/mol. The van der Waals surface area contributed by atoms with Crippen molar-refractivity contribution < 1.29 is 22.1 Å². The van der Waals surface area contributed by atoms with E-state index in [1.807, 2.05) is 13.8 Å². The average Bonchev–Trinajstić information content (AvgIpc) is 2.84. The molecule has 108 valence electrons. The van der Waals surface area contributed by atoms with Crippen LogP contribution in [-0.2, 0) is 23.8 Å². The number of ether oxygens (including phenoxy) is 1. The number of rotatable bonds is 3. The number of carbonyl (C=O) groups is 1. The van der Waals surface area contributed by atoms with E-state index in [0.717, 1.165) is 6.42 Å². The molecule has 0 aromatic carbocycles. The molecule has 0 aromatic heterocycles. The van der Waals surface area contributed by atoms with Gasteiger partial charge in [-0.25, -0.2) is 0 Å². The highest BCUT2D eigenvalue weighted by Crippen LogP contribution is 2.61. The number of hydrogen-bond acceptors (Lipinski definition) is 5. The molecule has 0 N–H and O–H groups in total. The Morgan fingerprint density at radius 2 is 2.21 bits per heavy atom. The van der Waals surface area contributed by atoms with Crippen LogP contribution in [0, 0.1) is 17.8 Å². The van der Waals surface area contributed by atoms with Crippen LogP contribution in [0.4, 0.5) is 0 Å². The van der Waals surface area contributed by atoms with E-state index in [1.54, 1.807) is 6.92 Å². The fraction of sp³-hybridized carbons (Fsp3) is 0.923. The summed E-state index contributed by atoms with van der Waals surface area (Å²) in [6.07, 6.45) is 1.66. The molecule has 2 bridgehead atoms. The SMILES string of the molecule is CCC(C)C(=O)OC1C2CC3C1S(=O)(=O)OC3(C)C2. The first-order chi connectivity index (χ1) is 8.78. The van der Waals surface area contributed by atoms with Gasteiger partial charge in [-0.1, -0.05) is 13.8 Å². The molecule has 0 spiro atoms. The molecule has 3 rings (SSSR count). The summed E-state index contributed by atoms with van der Waals surface area (Å²) < 4.78 is 35.0. The van der Waals surface area contributed by atoms with Gasteiger partial charge < -0.3 is 4.74 Å². The fourth-order valence-electron chi connectivity index (χ4n) is 3.92. The third-order valence-electron chi connectivity index (χ3n) is 5.10. The lowest BCUT2D eigenvalue weighted by Crippen LogP contribution is -2.43. The summed E-state index contributed by atoms with van der Waals surface area (Å²) in [7, 11) is -3.59. The lowest BCUT2D eigenvalue weighted by molar-refractivity contribution is -0.156. The largest absolute Gasteiger partial charge is 0.460 e. The summed E-state index contributed by atoms with van der Waals surface area (Å²) >= 11 is 0. The van der Waals surface area contributed by atoms with Crippen molar-refractivity contribution in [1.29, 1.82) is 0 Å². The first-order valence-corrected chi connectivity index (χ1v) is 8.40. The van der Waals surface area contributed by atoms with Gasteiger partial charge in [0.1, 0.15) is 11.4 Å². The van der Waals surface area contributed by atoms with E-state index in [1.165, 1.54) is 0 Å². The van der Waals surface area contributed by atoms with Crippen LogP contribution in [0.3, 0.4) is 0 Å². The number of fused-ring (bicyclic) bond motifs is 1. The lowest BCUT2D eigenvalue weighted by Gasteiger charge is -2.30. The van der Waals surface area contributed by atoms with E-state index in [-0.39, 0.29) is 23.7 Å². The van der Waals surface area contributed by atoms with Crippen molar-refractivity contribution in [1.82, 2.24) is 0 Å². The van der Waals surface area contributed by atoms with E-state index < -0.39 is 27.1 Å². The van der Waals surface area contributed by atoms with Crippen LogP contribution < -0.4 is 0 Å². The van der Waals surface area contributed by atoms with Gasteiger partial charge in [0.2, 0.25) is 0 Å². The van der Waals surface area contributed by atoms with Gasteiger partial charge in [0, 0.05) is 11.8 Å². The molecule has 2 saturated carbocycles. The van der Waals surface area contributed by atoms with Gasteiger partial charge in [0.15, 0.2) is 0 Å². The molecule has 1 saturated heterocycles. The first kappa shape index (κ1) is 13.4. The van der Waals surface area contributed by atoms with Crippen molar-refractivity contribution in [2.75, 3.05) is 0 Å². The Bertz CT molecular complexity index is 513. The second kappa shape index (κ2) is 3.95. The van der Waals surface area contributed by atoms with Crippen LogP contribution in [0.1, 0.15) is 40.0 Å². The van der Waals surface area contributed by atoms with E-state index in [4.69, 9.17) is 8.92 Å². The van der Waals surface area contributed by atoms with Crippen molar-refractivity contribution in [3.8, 4) is 0 Å². The van der Waals surface area contributed by atoms with Crippen molar-refractivity contribution in [3.63, 3.8) is 0 Å². The van der Waals surface area contributed by atoms with Gasteiger partial charge in [-0.15, -0.1) is 0 Å². The summed E-state index contributed by atoms with van der Waals surface area (Å²) in [6, 6.07) is 0. The smallest absolute Gasteiger partial charge is 0.308 e. The van der Waals surface area contributed by atoms with Crippen LogP contribution in [0.2, 0.25) is 0 Å². The highest BCUT2D eigenvalue weighted by Gasteiger charge is 2.71. The summed E-state index contributed by atoms with van der Waals surface area (Å²) in [5.74, 6) is -0.359. The standard InChI is InChI=1S/C13H20O5S/c1-4-7(2)12(14)17-10-8-5-9-11(10)19(15,16)18-13(9,3)6-8/h7-11H,4-6H2,1-3H3. The van der Waals surface area contributed by atoms with Crippen LogP contribution in [0.5, 0.6) is 0 Å². The Morgan fingerprint density at radius 3 is 2.84 bits per heavy atom. The summed E-state index contributed by atoms with van der Waals surface area (Å²) in [4.78, 5) is 11.9. The third kappa shape index (κ3) is 1.76. The van der Waals surface area contributed by atoms with E-state index in [2.05, 4.69) is 0 Å². The van der Waals surface area contributed by atoms with Crippen molar-refractivity contribution in [2.45, 2.75) is 57.0 Å². The van der Waals surface area contributed by atoms with Gasteiger partial charge >= 0.3 is 5.97 Å². The molecular weight excluding hydrogens is 268 g/mol. The molecule has 6 atom stereocenters. The summed E-state index contributed by atoms with van der Waals surface area (Å²) in [5.41, 5.74) is -0.562. The molecule has 6 unspecified atom stereocenters. The molecule has 3 aliphatic rings. The minimum Gasteiger partial charge on any atom is -0.460 e. The lowest BCUT2D eigenvalue weighted by atomic mass is 9.84. The Kier molecular flexibility index (Phi) is 2.78. The van der Waals surface area contributed by atoms with Gasteiger partial charge in [-0.3, -0.25) is 8.98 Å². The molecule has 2 aliphatic carbocycles. The predicted octanol–water partition coefficient (Wildman–Crippen LogP) is 1.47. The molecule has 0 aromatic rings. The zero-order valence-electron chi connectivity index (χ0n) is 11.5. The quantitative estimate of drug-likeness (QED) is 0.581. The van der Waals surface area contributed by atoms with Crippen molar-refractivity contribution in [2.24, 2.45) is 17.8 Å². The summed E-state index contributed by atoms with van der Waals surface area (Å²) in [5, 5.41) is -0.649. The first-order valence-electron chi connectivity index (χ1n) is 6.93. The van der Waals surface area contributed by atoms with Crippen LogP contribution >= 0.6 is 0 Å². The molecule has 1 aliphatic heterocycles. The zero-order valence-corrected chi connectivity index (χ0v) is 12.3. The minimum absolute atomic E-state index is 0.0165. The topological polar surface area (TPSA) is 69.7 Å². The van der Waals surface area contributed by atoms with Crippen molar-refractivity contribution in [3.05, 3.63) is 0 Å². The Labute approximate surface area is 113 Å². The molecule has 0 radical (unpaired) electrons. The number of carbonyl (C=O) groups excluding carboxylic acids is 1. The average molecular weight is 288 g/mol.